The van der Waals surface area contributed by atoms with E-state index in [-0.39, 0.29) is 103 Å². The third-order valence-corrected chi connectivity index (χ3v) is 13.1. The van der Waals surface area contributed by atoms with Crippen molar-refractivity contribution in [3.8, 4) is 0 Å². The number of nitrogens with one attached hydrogen (secondary N) is 4. The van der Waals surface area contributed by atoms with Crippen LogP contribution in [0, 0.1) is 0 Å². The first kappa shape index (κ1) is 56.0. The maximum Gasteiger partial charge on any atom is 0.295 e. The predicted molar refractivity (Wildman–Crippen MR) is 267 cm³/mol. The van der Waals surface area contributed by atoms with Crippen molar-refractivity contribution in [2.75, 3.05) is 136 Å². The minimum Gasteiger partial charge on any atom is -0.395 e. The van der Waals surface area contributed by atoms with Crippen molar-refractivity contribution in [3.63, 3.8) is 0 Å². The third kappa shape index (κ3) is 16.6. The maximum absolute atomic E-state index is 12.8. The normalized spacial score (nSPS) is 14.4. The second-order valence-electron chi connectivity index (χ2n) is 15.5. The van der Waals surface area contributed by atoms with Gasteiger partial charge in [-0.05, 0) is 59.7 Å². The first-order chi connectivity index (χ1) is 34.9. The number of nitrogens with zero attached hydrogens (tertiary/aromatic N) is 9. The summed E-state index contributed by atoms with van der Waals surface area (Å²) in [7, 11) is -14.3. The Balaban J connectivity index is 0.00000116. The van der Waals surface area contributed by atoms with Crippen LogP contribution in [0.2, 0.25) is 0 Å². The highest BCUT2D eigenvalue weighted by Gasteiger charge is 2.23. The molecule has 0 unspecified atom stereocenters. The van der Waals surface area contributed by atoms with Crippen LogP contribution < -0.4 is 36.0 Å². The minimum absolute atomic E-state index is 0.0116. The van der Waals surface area contributed by atoms with Crippen molar-refractivity contribution in [3.05, 3.63) is 71.8 Å². The van der Waals surface area contributed by atoms with Gasteiger partial charge in [-0.15, -0.1) is 0 Å². The van der Waals surface area contributed by atoms with Crippen molar-refractivity contribution in [2.45, 2.75) is 14.7 Å². The molecule has 4 heterocycles. The van der Waals surface area contributed by atoms with Crippen LogP contribution >= 0.6 is 0 Å². The molecule has 0 aliphatic carbocycles. The molecule has 0 amide bonds. The van der Waals surface area contributed by atoms with E-state index in [1.54, 1.807) is 4.90 Å². The summed E-state index contributed by atoms with van der Waals surface area (Å²) in [5, 5.41) is 47.1. The molecule has 31 heteroatoms. The minimum atomic E-state index is -4.93. The number of aliphatic hydroxyl groups excluding tert-OH is 4. The Hall–Kier alpha value is -6.33. The Labute approximate surface area is 420 Å². The van der Waals surface area contributed by atoms with Crippen molar-refractivity contribution in [2.24, 2.45) is 0 Å². The molecule has 73 heavy (non-hydrogen) atoms. The average molecular weight is 1080 g/mol. The Morgan fingerprint density at radius 3 is 1.34 bits per heavy atom. The van der Waals surface area contributed by atoms with E-state index in [1.807, 2.05) is 9.80 Å². The molecular formula is C42H55N13O15S3. The molecule has 7 rings (SSSR count). The van der Waals surface area contributed by atoms with Gasteiger partial charge < -0.3 is 65.9 Å². The number of aliphatic hydroxyl groups is 4. The number of hydrogen-bond acceptors (Lipinski definition) is 25. The van der Waals surface area contributed by atoms with E-state index in [2.05, 4.69) is 51.2 Å². The Bertz CT molecular complexity index is 2990. The van der Waals surface area contributed by atoms with Crippen molar-refractivity contribution in [1.29, 1.82) is 0 Å². The summed E-state index contributed by atoms with van der Waals surface area (Å²) in [5.74, 6) is 0.537. The second kappa shape index (κ2) is 26.1. The van der Waals surface area contributed by atoms with Gasteiger partial charge in [0.2, 0.25) is 35.7 Å². The van der Waals surface area contributed by atoms with Gasteiger partial charge in [0.05, 0.1) is 57.8 Å². The molecule has 2 aliphatic heterocycles. The number of rotatable bonds is 22. The first-order valence-corrected chi connectivity index (χ1v) is 26.6. The molecule has 0 spiro atoms. The zero-order chi connectivity index (χ0) is 52.6. The fraction of sp³-hybridized carbons (Fsp3) is 0.381. The highest BCUT2D eigenvalue weighted by molar-refractivity contribution is 7.86. The van der Waals surface area contributed by atoms with Gasteiger partial charge in [-0.1, -0.05) is 24.3 Å². The van der Waals surface area contributed by atoms with Crippen LogP contribution in [0.25, 0.3) is 12.2 Å². The molecule has 0 saturated carbocycles. The van der Waals surface area contributed by atoms with Crippen LogP contribution in [0.1, 0.15) is 11.1 Å². The van der Waals surface area contributed by atoms with E-state index in [0.29, 0.717) is 71.4 Å². The van der Waals surface area contributed by atoms with Crippen molar-refractivity contribution >= 4 is 95.3 Å². The molecule has 11 N–H and O–H groups in total. The number of anilines is 9. The van der Waals surface area contributed by atoms with Gasteiger partial charge in [-0.3, -0.25) is 13.7 Å². The van der Waals surface area contributed by atoms with Crippen molar-refractivity contribution < 1.29 is 68.8 Å². The first-order valence-electron chi connectivity index (χ1n) is 22.2. The van der Waals surface area contributed by atoms with Crippen LogP contribution in [0.5, 0.6) is 0 Å². The molecular weight excluding hydrogens is 1020 g/mol. The van der Waals surface area contributed by atoms with Gasteiger partial charge in [-0.2, -0.15) is 55.2 Å². The molecule has 396 valence electrons. The second-order valence-corrected chi connectivity index (χ2v) is 19.7. The zero-order valence-corrected chi connectivity index (χ0v) is 41.3. The van der Waals surface area contributed by atoms with Gasteiger partial charge >= 0.3 is 0 Å². The molecule has 2 fully saturated rings. The van der Waals surface area contributed by atoms with Crippen LogP contribution in [-0.2, 0) is 39.8 Å². The Morgan fingerprint density at radius 1 is 0.521 bits per heavy atom. The number of ether oxygens (including phenoxy) is 2. The van der Waals surface area contributed by atoms with Crippen LogP contribution in [0.3, 0.4) is 0 Å². The third-order valence-electron chi connectivity index (χ3n) is 10.4. The number of hydrogen-bond donors (Lipinski definition) is 11. The molecule has 5 aromatic rings. The summed E-state index contributed by atoms with van der Waals surface area (Å²) in [5.41, 5.74) is 0.443. The standard InChI is InChI=1S/C38H44N12O13S3.C4H11NO2/c51-17-11-48(12-18-52)37-45-35(46-38(47-37)50-15-21-63-22-16-50)41-29-6-4-26(32(24-29)66(59,60)61)2-1-25-3-5-28(23-31(25)65(56,57)58)40-34-42-33(43-36(44-34)49-13-19-62-20-14-49)39-27-7-9-30(10-8-27)64(53,54)55;6-3-1-5-2-4-7/h1-10,23-24,51-52H,11-22H2,(H,53,54,55)(H,56,57,58)(H,59,60,61)(H,41,45,46,47)(H2,39,40,42,43,44);5-7H,1-4H2/b2-1+;. The van der Waals surface area contributed by atoms with Gasteiger partial charge in [0.15, 0.2) is 0 Å². The Kier molecular flexibility index (Phi) is 20.0. The molecule has 2 aromatic heterocycles. The average Bonchev–Trinajstić information content (AvgIpc) is 3.36. The number of benzene rings is 3. The zero-order valence-electron chi connectivity index (χ0n) is 38.9. The summed E-state index contributed by atoms with van der Waals surface area (Å²) in [6.07, 6.45) is 2.45. The lowest BCUT2D eigenvalue weighted by molar-refractivity contribution is 0.122. The topological polar surface area (TPSA) is 398 Å². The summed E-state index contributed by atoms with van der Waals surface area (Å²) < 4.78 is 115. The van der Waals surface area contributed by atoms with E-state index < -0.39 is 40.1 Å². The molecule has 28 nitrogen and oxygen atoms in total. The summed E-state index contributed by atoms with van der Waals surface area (Å²) >= 11 is 0. The van der Waals surface area contributed by atoms with Gasteiger partial charge in [0.1, 0.15) is 9.79 Å². The van der Waals surface area contributed by atoms with E-state index in [1.165, 1.54) is 60.7 Å². The fourth-order valence-corrected chi connectivity index (χ4v) is 8.80. The monoisotopic (exact) mass is 1080 g/mol. The van der Waals surface area contributed by atoms with E-state index in [0.717, 1.165) is 12.1 Å². The van der Waals surface area contributed by atoms with Crippen molar-refractivity contribution in [1.82, 2.24) is 35.2 Å². The van der Waals surface area contributed by atoms with Crippen LogP contribution in [0.4, 0.5) is 52.8 Å². The van der Waals surface area contributed by atoms with E-state index in [4.69, 9.17) is 19.7 Å². The number of aromatic nitrogens is 6. The van der Waals surface area contributed by atoms with Crippen LogP contribution in [0.15, 0.2) is 75.4 Å². The molecule has 3 aromatic carbocycles. The predicted octanol–water partition coefficient (Wildman–Crippen LogP) is 0.223. The van der Waals surface area contributed by atoms with E-state index >= 15 is 0 Å². The summed E-state index contributed by atoms with van der Waals surface area (Å²) in [6, 6.07) is 12.9. The smallest absolute Gasteiger partial charge is 0.295 e. The van der Waals surface area contributed by atoms with Gasteiger partial charge in [-0.25, -0.2) is 0 Å². The Morgan fingerprint density at radius 2 is 0.932 bits per heavy atom. The summed E-state index contributed by atoms with van der Waals surface area (Å²) in [6.45, 7) is 4.50. The van der Waals surface area contributed by atoms with Gasteiger partial charge in [0, 0.05) is 69.4 Å². The van der Waals surface area contributed by atoms with E-state index in [9.17, 15) is 49.1 Å². The van der Waals surface area contributed by atoms with Gasteiger partial charge in [0.25, 0.3) is 30.4 Å². The summed E-state index contributed by atoms with van der Waals surface area (Å²) in [4.78, 5) is 30.5. The largest absolute Gasteiger partial charge is 0.395 e. The quantitative estimate of drug-likeness (QED) is 0.0251. The molecule has 2 aliphatic rings. The highest BCUT2D eigenvalue weighted by atomic mass is 32.2. The highest BCUT2D eigenvalue weighted by Crippen LogP contribution is 2.30. The lowest BCUT2D eigenvalue weighted by Crippen LogP contribution is -2.38. The molecule has 0 bridgehead atoms. The molecule has 2 saturated heterocycles. The molecule has 0 radical (unpaired) electrons. The maximum atomic E-state index is 12.8. The SMILES string of the molecule is O=S(=O)(O)c1ccc(Nc2nc(Nc3ccc(/C=C/c4ccc(Nc5nc(N(CCO)CCO)nc(N6CCOCC6)n5)cc4S(=O)(=O)O)c(S(=O)(=O)O)c3)nc(N3CCOCC3)n2)cc1.OCCNCCO. The lowest BCUT2D eigenvalue weighted by atomic mass is 10.1. The molecule has 0 atom stereocenters. The lowest BCUT2D eigenvalue weighted by Gasteiger charge is -2.28. The number of morpholine rings is 2. The fourth-order valence-electron chi connectivity index (χ4n) is 6.90. The van der Waals surface area contributed by atoms with Crippen LogP contribution in [-0.4, -0.2) is 194 Å².